The zero-order chi connectivity index (χ0) is 9.26. The largest absolute Gasteiger partial charge is 0.381 e. The van der Waals surface area contributed by atoms with Gasteiger partial charge in [-0.15, -0.1) is 0 Å². The Balaban J connectivity index is 1.91. The molecule has 0 aromatic carbocycles. The summed E-state index contributed by atoms with van der Waals surface area (Å²) in [6, 6.07) is 3.79. The molecular weight excluding hydrogens is 169 g/mol. The fraction of sp³-hybridized carbons (Fsp3) is 0.444. The van der Waals surface area contributed by atoms with Crippen LogP contribution in [0.2, 0.25) is 0 Å². The van der Waals surface area contributed by atoms with Crippen LogP contribution in [-0.2, 0) is 0 Å². The highest BCUT2D eigenvalue weighted by Crippen LogP contribution is 2.21. The van der Waals surface area contributed by atoms with E-state index >= 15 is 0 Å². The molecule has 1 aromatic heterocycles. The van der Waals surface area contributed by atoms with Crippen molar-refractivity contribution in [1.29, 1.82) is 0 Å². The number of halogens is 1. The summed E-state index contributed by atoms with van der Waals surface area (Å²) in [5, 5.41) is 3.23. The Morgan fingerprint density at radius 2 is 2.23 bits per heavy atom. The summed E-state index contributed by atoms with van der Waals surface area (Å²) in [5.41, 5.74) is 6.49. The smallest absolute Gasteiger partial charge is 0.212 e. The van der Waals surface area contributed by atoms with Gasteiger partial charge in [0.2, 0.25) is 5.95 Å². The molecule has 13 heavy (non-hydrogen) atoms. The van der Waals surface area contributed by atoms with Crippen molar-refractivity contribution in [1.82, 2.24) is 4.98 Å². The van der Waals surface area contributed by atoms with Gasteiger partial charge in [-0.1, -0.05) is 0 Å². The Bertz CT molecular complexity index is 279. The van der Waals surface area contributed by atoms with E-state index in [-0.39, 0.29) is 0 Å². The molecule has 1 fully saturated rings. The highest BCUT2D eigenvalue weighted by atomic mass is 19.1. The third-order valence-corrected chi connectivity index (χ3v) is 2.27. The standard InChI is InChI=1S/C9H12FN3/c10-9-2-1-7(5-12-9)13-8-3-6(11)4-8/h1-2,5-6,8,13H,3-4,11H2. The predicted molar refractivity (Wildman–Crippen MR) is 48.8 cm³/mol. The van der Waals surface area contributed by atoms with E-state index in [1.165, 1.54) is 12.3 Å². The van der Waals surface area contributed by atoms with Gasteiger partial charge in [-0.25, -0.2) is 4.98 Å². The molecule has 0 spiro atoms. The average Bonchev–Trinajstić information content (AvgIpc) is 2.06. The van der Waals surface area contributed by atoms with Crippen molar-refractivity contribution >= 4 is 5.69 Å². The van der Waals surface area contributed by atoms with E-state index in [2.05, 4.69) is 10.3 Å². The molecule has 70 valence electrons. The molecule has 0 aliphatic heterocycles. The van der Waals surface area contributed by atoms with Gasteiger partial charge in [-0.3, -0.25) is 0 Å². The number of pyridine rings is 1. The summed E-state index contributed by atoms with van der Waals surface area (Å²) in [4.78, 5) is 3.55. The Morgan fingerprint density at radius 3 is 2.77 bits per heavy atom. The van der Waals surface area contributed by atoms with E-state index in [4.69, 9.17) is 5.73 Å². The van der Waals surface area contributed by atoms with E-state index in [0.717, 1.165) is 18.5 Å². The highest BCUT2D eigenvalue weighted by molar-refractivity contribution is 5.41. The lowest BCUT2D eigenvalue weighted by Crippen LogP contribution is -2.44. The van der Waals surface area contributed by atoms with Gasteiger partial charge in [0, 0.05) is 12.1 Å². The molecule has 3 N–H and O–H groups in total. The van der Waals surface area contributed by atoms with Crippen LogP contribution in [0.4, 0.5) is 10.1 Å². The maximum Gasteiger partial charge on any atom is 0.212 e. The van der Waals surface area contributed by atoms with E-state index in [0.29, 0.717) is 12.1 Å². The molecule has 0 amide bonds. The zero-order valence-electron chi connectivity index (χ0n) is 7.20. The third-order valence-electron chi connectivity index (χ3n) is 2.27. The first-order chi connectivity index (χ1) is 6.24. The SMILES string of the molecule is NC1CC(Nc2ccc(F)nc2)C1. The Kier molecular flexibility index (Phi) is 2.14. The van der Waals surface area contributed by atoms with Crippen LogP contribution in [-0.4, -0.2) is 17.1 Å². The summed E-state index contributed by atoms with van der Waals surface area (Å²) in [6.07, 6.45) is 3.47. The molecule has 0 saturated heterocycles. The molecule has 1 heterocycles. The van der Waals surface area contributed by atoms with Gasteiger partial charge >= 0.3 is 0 Å². The van der Waals surface area contributed by atoms with Gasteiger partial charge in [0.15, 0.2) is 0 Å². The monoisotopic (exact) mass is 181 g/mol. The fourth-order valence-electron chi connectivity index (χ4n) is 1.48. The van der Waals surface area contributed by atoms with Crippen LogP contribution in [0.5, 0.6) is 0 Å². The van der Waals surface area contributed by atoms with Gasteiger partial charge in [-0.2, -0.15) is 4.39 Å². The highest BCUT2D eigenvalue weighted by Gasteiger charge is 2.25. The van der Waals surface area contributed by atoms with Crippen LogP contribution >= 0.6 is 0 Å². The molecule has 1 saturated carbocycles. The number of nitrogens with one attached hydrogen (secondary N) is 1. The number of nitrogens with zero attached hydrogens (tertiary/aromatic N) is 1. The van der Waals surface area contributed by atoms with Crippen molar-refractivity contribution in [3.8, 4) is 0 Å². The van der Waals surface area contributed by atoms with Crippen molar-refractivity contribution in [3.05, 3.63) is 24.3 Å². The van der Waals surface area contributed by atoms with Crippen LogP contribution in [0.3, 0.4) is 0 Å². The Labute approximate surface area is 76.2 Å². The number of anilines is 1. The van der Waals surface area contributed by atoms with E-state index in [1.54, 1.807) is 6.07 Å². The van der Waals surface area contributed by atoms with Crippen molar-refractivity contribution in [2.45, 2.75) is 24.9 Å². The number of hydrogen-bond donors (Lipinski definition) is 2. The summed E-state index contributed by atoms with van der Waals surface area (Å²) in [5.74, 6) is -0.448. The summed E-state index contributed by atoms with van der Waals surface area (Å²) >= 11 is 0. The molecule has 1 aliphatic carbocycles. The van der Waals surface area contributed by atoms with Gasteiger partial charge in [0.25, 0.3) is 0 Å². The van der Waals surface area contributed by atoms with Crippen molar-refractivity contribution in [2.24, 2.45) is 5.73 Å². The van der Waals surface area contributed by atoms with Crippen LogP contribution in [0.15, 0.2) is 18.3 Å². The molecule has 0 atom stereocenters. The molecule has 0 radical (unpaired) electrons. The lowest BCUT2D eigenvalue weighted by Gasteiger charge is -2.33. The summed E-state index contributed by atoms with van der Waals surface area (Å²) in [6.45, 7) is 0. The number of hydrogen-bond acceptors (Lipinski definition) is 3. The average molecular weight is 181 g/mol. The maximum atomic E-state index is 12.4. The van der Waals surface area contributed by atoms with Gasteiger partial charge in [0.05, 0.1) is 11.9 Å². The topological polar surface area (TPSA) is 50.9 Å². The Morgan fingerprint density at radius 1 is 1.46 bits per heavy atom. The van der Waals surface area contributed by atoms with Crippen LogP contribution in [0, 0.1) is 5.95 Å². The quantitative estimate of drug-likeness (QED) is 0.672. The maximum absolute atomic E-state index is 12.4. The first-order valence-corrected chi connectivity index (χ1v) is 4.38. The van der Waals surface area contributed by atoms with Crippen molar-refractivity contribution < 1.29 is 4.39 Å². The third kappa shape index (κ3) is 1.95. The van der Waals surface area contributed by atoms with E-state index in [1.807, 2.05) is 0 Å². The number of rotatable bonds is 2. The minimum atomic E-state index is -0.448. The van der Waals surface area contributed by atoms with Crippen LogP contribution in [0.25, 0.3) is 0 Å². The minimum absolute atomic E-state index is 0.325. The second-order valence-corrected chi connectivity index (χ2v) is 3.44. The zero-order valence-corrected chi connectivity index (χ0v) is 7.20. The van der Waals surface area contributed by atoms with Gasteiger partial charge in [-0.05, 0) is 25.0 Å². The normalized spacial score (nSPS) is 26.6. The fourth-order valence-corrected chi connectivity index (χ4v) is 1.48. The first kappa shape index (κ1) is 8.44. The lowest BCUT2D eigenvalue weighted by atomic mass is 9.87. The van der Waals surface area contributed by atoms with Crippen molar-refractivity contribution in [3.63, 3.8) is 0 Å². The second-order valence-electron chi connectivity index (χ2n) is 3.44. The van der Waals surface area contributed by atoms with E-state index in [9.17, 15) is 4.39 Å². The van der Waals surface area contributed by atoms with Gasteiger partial charge < -0.3 is 11.1 Å². The lowest BCUT2D eigenvalue weighted by molar-refractivity contribution is 0.373. The molecular formula is C9H12FN3. The molecule has 1 aliphatic rings. The Hall–Kier alpha value is -1.16. The summed E-state index contributed by atoms with van der Waals surface area (Å²) < 4.78 is 12.4. The predicted octanol–water partition coefficient (Wildman–Crippen LogP) is 1.12. The molecule has 0 bridgehead atoms. The number of nitrogens with two attached hydrogens (primary N) is 1. The van der Waals surface area contributed by atoms with Crippen LogP contribution in [0.1, 0.15) is 12.8 Å². The minimum Gasteiger partial charge on any atom is -0.381 e. The van der Waals surface area contributed by atoms with Crippen LogP contribution < -0.4 is 11.1 Å². The molecule has 1 aromatic rings. The molecule has 2 rings (SSSR count). The summed E-state index contributed by atoms with van der Waals surface area (Å²) in [7, 11) is 0. The molecule has 0 unspecified atom stereocenters. The second kappa shape index (κ2) is 3.30. The van der Waals surface area contributed by atoms with Crippen molar-refractivity contribution in [2.75, 3.05) is 5.32 Å². The number of aromatic nitrogens is 1. The van der Waals surface area contributed by atoms with Gasteiger partial charge in [0.1, 0.15) is 0 Å². The molecule has 3 nitrogen and oxygen atoms in total. The van der Waals surface area contributed by atoms with E-state index < -0.39 is 5.95 Å². The molecule has 4 heteroatoms. The first-order valence-electron chi connectivity index (χ1n) is 4.38.